The minimum absolute atomic E-state index is 0.205. The standard InChI is InChI=1S/C22H17Cl2N3O3S/c1-2-30-15-6-3-13(4-7-15)16-11-31-21-20(16)22(29)27(12-25-21)10-19(28)26-18-9-14(23)5-8-17(18)24/h3-9,11-12H,2,10H2,1H3,(H,26,28). The van der Waals surface area contributed by atoms with Gasteiger partial charge in [-0.1, -0.05) is 35.3 Å². The smallest absolute Gasteiger partial charge is 0.263 e. The molecular formula is C22H17Cl2N3O3S. The Bertz CT molecular complexity index is 1320. The zero-order valence-electron chi connectivity index (χ0n) is 16.4. The molecule has 4 aromatic rings. The number of amides is 1. The van der Waals surface area contributed by atoms with Crippen molar-refractivity contribution in [2.45, 2.75) is 13.5 Å². The van der Waals surface area contributed by atoms with Gasteiger partial charge in [0.25, 0.3) is 5.56 Å². The summed E-state index contributed by atoms with van der Waals surface area (Å²) in [5, 5.41) is 5.85. The fourth-order valence-electron chi connectivity index (χ4n) is 3.13. The van der Waals surface area contributed by atoms with Gasteiger partial charge in [0.2, 0.25) is 5.91 Å². The number of anilines is 1. The van der Waals surface area contributed by atoms with Gasteiger partial charge in [0.1, 0.15) is 17.1 Å². The molecule has 0 spiro atoms. The van der Waals surface area contributed by atoms with Gasteiger partial charge in [-0.25, -0.2) is 4.98 Å². The lowest BCUT2D eigenvalue weighted by molar-refractivity contribution is -0.116. The van der Waals surface area contributed by atoms with Crippen molar-refractivity contribution in [3.63, 3.8) is 0 Å². The second-order valence-corrected chi connectivity index (χ2v) is 8.34. The van der Waals surface area contributed by atoms with Gasteiger partial charge >= 0.3 is 0 Å². The molecule has 0 bridgehead atoms. The summed E-state index contributed by atoms with van der Waals surface area (Å²) in [5.41, 5.74) is 1.74. The van der Waals surface area contributed by atoms with Crippen LogP contribution in [0.15, 0.2) is 59.0 Å². The van der Waals surface area contributed by atoms with E-state index >= 15 is 0 Å². The molecule has 1 N–H and O–H groups in total. The van der Waals surface area contributed by atoms with Gasteiger partial charge in [0, 0.05) is 16.0 Å². The Balaban J connectivity index is 1.63. The van der Waals surface area contributed by atoms with Crippen LogP contribution in [-0.4, -0.2) is 22.1 Å². The zero-order valence-corrected chi connectivity index (χ0v) is 18.7. The summed E-state index contributed by atoms with van der Waals surface area (Å²) in [6.45, 7) is 2.30. The molecular weight excluding hydrogens is 457 g/mol. The van der Waals surface area contributed by atoms with E-state index in [9.17, 15) is 9.59 Å². The summed E-state index contributed by atoms with van der Waals surface area (Å²) in [6.07, 6.45) is 1.38. The second-order valence-electron chi connectivity index (χ2n) is 6.64. The molecule has 158 valence electrons. The van der Waals surface area contributed by atoms with Crippen molar-refractivity contribution in [1.82, 2.24) is 9.55 Å². The van der Waals surface area contributed by atoms with Crippen LogP contribution in [0.5, 0.6) is 5.75 Å². The Labute approximate surface area is 192 Å². The SMILES string of the molecule is CCOc1ccc(-c2csc3ncn(CC(=O)Nc4cc(Cl)ccc4Cl)c(=O)c23)cc1. The normalized spacial score (nSPS) is 10.9. The summed E-state index contributed by atoms with van der Waals surface area (Å²) >= 11 is 13.4. The van der Waals surface area contributed by atoms with E-state index in [1.807, 2.05) is 36.6 Å². The van der Waals surface area contributed by atoms with Crippen LogP contribution in [0.3, 0.4) is 0 Å². The lowest BCUT2D eigenvalue weighted by Gasteiger charge is -2.09. The number of hydrogen-bond acceptors (Lipinski definition) is 5. The fraction of sp³-hybridized carbons (Fsp3) is 0.136. The molecule has 0 saturated carbocycles. The van der Waals surface area contributed by atoms with Crippen molar-refractivity contribution in [2.75, 3.05) is 11.9 Å². The largest absolute Gasteiger partial charge is 0.494 e. The molecule has 0 fully saturated rings. The number of hydrogen-bond donors (Lipinski definition) is 1. The highest BCUT2D eigenvalue weighted by molar-refractivity contribution is 7.17. The quantitative estimate of drug-likeness (QED) is 0.402. The van der Waals surface area contributed by atoms with Crippen molar-refractivity contribution in [3.05, 3.63) is 74.6 Å². The summed E-state index contributed by atoms with van der Waals surface area (Å²) in [6, 6.07) is 12.3. The molecule has 0 aliphatic rings. The van der Waals surface area contributed by atoms with Crippen LogP contribution in [-0.2, 0) is 11.3 Å². The molecule has 4 rings (SSSR count). The van der Waals surface area contributed by atoms with Crippen molar-refractivity contribution in [1.29, 1.82) is 0 Å². The number of thiophene rings is 1. The minimum Gasteiger partial charge on any atom is -0.494 e. The van der Waals surface area contributed by atoms with Gasteiger partial charge in [-0.05, 0) is 42.8 Å². The zero-order chi connectivity index (χ0) is 22.0. The monoisotopic (exact) mass is 473 g/mol. The van der Waals surface area contributed by atoms with Crippen LogP contribution in [0.2, 0.25) is 10.0 Å². The third kappa shape index (κ3) is 4.58. The average molecular weight is 474 g/mol. The molecule has 6 nitrogen and oxygen atoms in total. The van der Waals surface area contributed by atoms with Crippen LogP contribution >= 0.6 is 34.5 Å². The molecule has 31 heavy (non-hydrogen) atoms. The highest BCUT2D eigenvalue weighted by atomic mass is 35.5. The Morgan fingerprint density at radius 2 is 1.97 bits per heavy atom. The molecule has 2 aromatic carbocycles. The second kappa shape index (κ2) is 9.09. The predicted molar refractivity (Wildman–Crippen MR) is 126 cm³/mol. The number of fused-ring (bicyclic) bond motifs is 1. The van der Waals surface area contributed by atoms with Crippen LogP contribution in [0.25, 0.3) is 21.3 Å². The highest BCUT2D eigenvalue weighted by Crippen LogP contribution is 2.31. The number of nitrogens with zero attached hydrogens (tertiary/aromatic N) is 2. The number of carbonyl (C=O) groups excluding carboxylic acids is 1. The molecule has 0 aliphatic heterocycles. The third-order valence-corrected chi connectivity index (χ3v) is 6.00. The number of carbonyl (C=O) groups is 1. The molecule has 0 aliphatic carbocycles. The van der Waals surface area contributed by atoms with Crippen LogP contribution in [0.1, 0.15) is 6.92 Å². The van der Waals surface area contributed by atoms with Crippen LogP contribution < -0.4 is 15.6 Å². The number of rotatable bonds is 6. The summed E-state index contributed by atoms with van der Waals surface area (Å²) in [7, 11) is 0. The van der Waals surface area contributed by atoms with Gasteiger partial charge in [0.15, 0.2) is 0 Å². The average Bonchev–Trinajstić information content (AvgIpc) is 3.18. The Hall–Kier alpha value is -2.87. The molecule has 0 unspecified atom stereocenters. The van der Waals surface area contributed by atoms with Crippen molar-refractivity contribution in [3.8, 4) is 16.9 Å². The Morgan fingerprint density at radius 1 is 1.19 bits per heavy atom. The van der Waals surface area contributed by atoms with E-state index in [0.29, 0.717) is 32.6 Å². The van der Waals surface area contributed by atoms with Crippen molar-refractivity contribution in [2.24, 2.45) is 0 Å². The first-order valence-electron chi connectivity index (χ1n) is 9.41. The topological polar surface area (TPSA) is 73.2 Å². The lowest BCUT2D eigenvalue weighted by Crippen LogP contribution is -2.27. The van der Waals surface area contributed by atoms with E-state index in [0.717, 1.165) is 16.9 Å². The van der Waals surface area contributed by atoms with Crippen molar-refractivity contribution >= 4 is 56.3 Å². The molecule has 2 aromatic heterocycles. The van der Waals surface area contributed by atoms with Gasteiger partial charge in [-0.15, -0.1) is 11.3 Å². The molecule has 9 heteroatoms. The highest BCUT2D eigenvalue weighted by Gasteiger charge is 2.15. The molecule has 2 heterocycles. The van der Waals surface area contributed by atoms with Gasteiger partial charge < -0.3 is 10.1 Å². The maximum absolute atomic E-state index is 13.1. The molecule has 0 atom stereocenters. The first-order valence-corrected chi connectivity index (χ1v) is 11.0. The van der Waals surface area contributed by atoms with Crippen LogP contribution in [0.4, 0.5) is 5.69 Å². The number of aromatic nitrogens is 2. The number of nitrogens with one attached hydrogen (secondary N) is 1. The van der Waals surface area contributed by atoms with Crippen LogP contribution in [0, 0.1) is 0 Å². The summed E-state index contributed by atoms with van der Waals surface area (Å²) in [4.78, 5) is 30.6. The summed E-state index contributed by atoms with van der Waals surface area (Å²) < 4.78 is 6.76. The van der Waals surface area contributed by atoms with E-state index in [-0.39, 0.29) is 12.1 Å². The maximum Gasteiger partial charge on any atom is 0.263 e. The summed E-state index contributed by atoms with van der Waals surface area (Å²) in [5.74, 6) is 0.350. The van der Waals surface area contributed by atoms with E-state index in [1.165, 1.54) is 22.2 Å². The molecule has 0 radical (unpaired) electrons. The first-order chi connectivity index (χ1) is 15.0. The maximum atomic E-state index is 13.1. The Morgan fingerprint density at radius 3 is 2.71 bits per heavy atom. The minimum atomic E-state index is -0.412. The molecule has 1 amide bonds. The molecule has 0 saturated heterocycles. The van der Waals surface area contributed by atoms with Crippen molar-refractivity contribution < 1.29 is 9.53 Å². The fourth-order valence-corrected chi connectivity index (χ4v) is 4.37. The first kappa shape index (κ1) is 21.4. The number of halogens is 2. The Kier molecular flexibility index (Phi) is 6.27. The van der Waals surface area contributed by atoms with E-state index in [1.54, 1.807) is 18.2 Å². The predicted octanol–water partition coefficient (Wildman–Crippen LogP) is 5.47. The van der Waals surface area contributed by atoms with E-state index in [2.05, 4.69) is 10.3 Å². The van der Waals surface area contributed by atoms with Gasteiger partial charge in [0.05, 0.1) is 29.0 Å². The lowest BCUT2D eigenvalue weighted by atomic mass is 10.1. The number of benzene rings is 2. The van der Waals surface area contributed by atoms with E-state index in [4.69, 9.17) is 27.9 Å². The van der Waals surface area contributed by atoms with Gasteiger partial charge in [-0.3, -0.25) is 14.2 Å². The number of ether oxygens (including phenoxy) is 1. The third-order valence-electron chi connectivity index (χ3n) is 4.55. The van der Waals surface area contributed by atoms with E-state index < -0.39 is 5.91 Å². The van der Waals surface area contributed by atoms with Gasteiger partial charge in [-0.2, -0.15) is 0 Å².